The monoisotopic (exact) mass is 536 g/mol. The number of carbonyl (C=O) groups excluding carboxylic acids is 2. The van der Waals surface area contributed by atoms with Crippen molar-refractivity contribution in [2.45, 2.75) is 64.7 Å². The van der Waals surface area contributed by atoms with E-state index in [-0.39, 0.29) is 5.92 Å². The standard InChI is InChI=1S/C32H37ClO5/c1-4-5-6-7-8-9-22-36-27-16-14-26(15-17-27)31(34)37-28-18-10-24(11-19-28)25-12-20-29(21-13-25)38-32(35)30(33)23(2)3/h10-21,23,30H,4-9,22H2,1-3H3/t30-/m0/s1. The van der Waals surface area contributed by atoms with Crippen molar-refractivity contribution >= 4 is 23.5 Å². The maximum atomic E-state index is 12.6. The zero-order valence-corrected chi connectivity index (χ0v) is 23.2. The highest BCUT2D eigenvalue weighted by molar-refractivity contribution is 6.30. The Balaban J connectivity index is 1.47. The number of hydrogen-bond acceptors (Lipinski definition) is 5. The summed E-state index contributed by atoms with van der Waals surface area (Å²) >= 11 is 6.06. The number of benzene rings is 3. The first-order valence-corrected chi connectivity index (χ1v) is 13.8. The van der Waals surface area contributed by atoms with Gasteiger partial charge < -0.3 is 14.2 Å². The van der Waals surface area contributed by atoms with Crippen molar-refractivity contribution < 1.29 is 23.8 Å². The summed E-state index contributed by atoms with van der Waals surface area (Å²) < 4.78 is 16.7. The Morgan fingerprint density at radius 2 is 1.18 bits per heavy atom. The Kier molecular flexibility index (Phi) is 11.7. The third-order valence-corrected chi connectivity index (χ3v) is 6.82. The summed E-state index contributed by atoms with van der Waals surface area (Å²) in [7, 11) is 0. The van der Waals surface area contributed by atoms with E-state index in [4.69, 9.17) is 25.8 Å². The van der Waals surface area contributed by atoms with Gasteiger partial charge in [0.25, 0.3) is 0 Å². The van der Waals surface area contributed by atoms with Crippen LogP contribution in [0, 0.1) is 5.92 Å². The molecule has 3 aromatic carbocycles. The molecule has 3 aromatic rings. The van der Waals surface area contributed by atoms with E-state index >= 15 is 0 Å². The van der Waals surface area contributed by atoms with Gasteiger partial charge in [-0.15, -0.1) is 11.6 Å². The van der Waals surface area contributed by atoms with Crippen LogP contribution in [0.25, 0.3) is 11.1 Å². The van der Waals surface area contributed by atoms with Gasteiger partial charge in [0.15, 0.2) is 0 Å². The minimum Gasteiger partial charge on any atom is -0.494 e. The van der Waals surface area contributed by atoms with E-state index < -0.39 is 17.3 Å². The average Bonchev–Trinajstić information content (AvgIpc) is 2.93. The average molecular weight is 537 g/mol. The Bertz CT molecular complexity index is 1140. The number of alkyl halides is 1. The molecule has 0 saturated carbocycles. The van der Waals surface area contributed by atoms with Gasteiger partial charge in [0.05, 0.1) is 12.2 Å². The molecule has 0 saturated heterocycles. The van der Waals surface area contributed by atoms with E-state index in [0.717, 1.165) is 23.3 Å². The third kappa shape index (κ3) is 9.21. The predicted octanol–water partition coefficient (Wildman–Crippen LogP) is 8.48. The van der Waals surface area contributed by atoms with Gasteiger partial charge in [0.2, 0.25) is 0 Å². The van der Waals surface area contributed by atoms with Crippen LogP contribution in [0.15, 0.2) is 72.8 Å². The van der Waals surface area contributed by atoms with E-state index in [1.165, 1.54) is 32.1 Å². The molecule has 0 heterocycles. The van der Waals surface area contributed by atoms with Crippen LogP contribution in [0.3, 0.4) is 0 Å². The molecular formula is C32H37ClO5. The summed E-state index contributed by atoms with van der Waals surface area (Å²) in [5.41, 5.74) is 2.33. The van der Waals surface area contributed by atoms with Gasteiger partial charge in [-0.1, -0.05) is 77.1 Å². The fraction of sp³-hybridized carbons (Fsp3) is 0.375. The van der Waals surface area contributed by atoms with Crippen LogP contribution < -0.4 is 14.2 Å². The molecule has 0 N–H and O–H groups in total. The van der Waals surface area contributed by atoms with Crippen molar-refractivity contribution in [1.82, 2.24) is 0 Å². The van der Waals surface area contributed by atoms with Crippen molar-refractivity contribution in [2.24, 2.45) is 5.92 Å². The lowest BCUT2D eigenvalue weighted by molar-refractivity contribution is -0.134. The van der Waals surface area contributed by atoms with Crippen molar-refractivity contribution in [1.29, 1.82) is 0 Å². The van der Waals surface area contributed by atoms with Gasteiger partial charge in [0.1, 0.15) is 22.6 Å². The van der Waals surface area contributed by atoms with Crippen LogP contribution in [0.4, 0.5) is 0 Å². The first kappa shape index (κ1) is 29.2. The van der Waals surface area contributed by atoms with Crippen molar-refractivity contribution in [2.75, 3.05) is 6.61 Å². The lowest BCUT2D eigenvalue weighted by Crippen LogP contribution is -2.25. The van der Waals surface area contributed by atoms with Crippen molar-refractivity contribution in [3.63, 3.8) is 0 Å². The van der Waals surface area contributed by atoms with Gasteiger partial charge in [-0.2, -0.15) is 0 Å². The van der Waals surface area contributed by atoms with Crippen molar-refractivity contribution in [3.8, 4) is 28.4 Å². The third-order valence-electron chi connectivity index (χ3n) is 6.14. The molecular weight excluding hydrogens is 500 g/mol. The van der Waals surface area contributed by atoms with Crippen LogP contribution in [0.1, 0.15) is 69.7 Å². The molecule has 1 atom stereocenters. The molecule has 202 valence electrons. The highest BCUT2D eigenvalue weighted by Crippen LogP contribution is 2.26. The molecule has 0 spiro atoms. The molecule has 38 heavy (non-hydrogen) atoms. The molecule has 0 amide bonds. The molecule has 0 aliphatic rings. The second-order valence-corrected chi connectivity index (χ2v) is 10.1. The van der Waals surface area contributed by atoms with Gasteiger partial charge in [-0.25, -0.2) is 4.79 Å². The Morgan fingerprint density at radius 1 is 0.684 bits per heavy atom. The first-order chi connectivity index (χ1) is 18.4. The molecule has 0 aromatic heterocycles. The van der Waals surface area contributed by atoms with E-state index in [1.807, 2.05) is 38.1 Å². The lowest BCUT2D eigenvalue weighted by Gasteiger charge is -2.12. The topological polar surface area (TPSA) is 61.8 Å². The quantitative estimate of drug-likeness (QED) is 0.0894. The minimum absolute atomic E-state index is 0.0100. The number of rotatable bonds is 14. The highest BCUT2D eigenvalue weighted by Gasteiger charge is 2.21. The number of unbranched alkanes of at least 4 members (excludes halogenated alkanes) is 5. The molecule has 0 aliphatic carbocycles. The van der Waals surface area contributed by atoms with E-state index in [9.17, 15) is 9.59 Å². The van der Waals surface area contributed by atoms with Gasteiger partial charge in [-0.3, -0.25) is 4.79 Å². The molecule has 6 heteroatoms. The predicted molar refractivity (Wildman–Crippen MR) is 152 cm³/mol. The molecule has 0 aliphatic heterocycles. The maximum absolute atomic E-state index is 12.6. The van der Waals surface area contributed by atoms with Gasteiger partial charge in [-0.05, 0) is 72.0 Å². The normalized spacial score (nSPS) is 11.7. The number of hydrogen-bond donors (Lipinski definition) is 0. The largest absolute Gasteiger partial charge is 0.494 e. The second-order valence-electron chi connectivity index (χ2n) is 9.65. The van der Waals surface area contributed by atoms with Crippen molar-refractivity contribution in [3.05, 3.63) is 78.4 Å². The summed E-state index contributed by atoms with van der Waals surface area (Å²) in [5, 5.41) is -0.689. The Morgan fingerprint density at radius 3 is 1.74 bits per heavy atom. The van der Waals surface area contributed by atoms with Gasteiger partial charge in [0, 0.05) is 0 Å². The Hall–Kier alpha value is -3.31. The summed E-state index contributed by atoms with van der Waals surface area (Å²) in [4.78, 5) is 24.6. The van der Waals surface area contributed by atoms with Gasteiger partial charge >= 0.3 is 11.9 Å². The van der Waals surface area contributed by atoms with E-state index in [1.54, 1.807) is 48.5 Å². The molecule has 0 radical (unpaired) electrons. The van der Waals surface area contributed by atoms with Crippen LogP contribution in [0.5, 0.6) is 17.2 Å². The Labute approximate surface area is 231 Å². The summed E-state index contributed by atoms with van der Waals surface area (Å²) in [6.07, 6.45) is 7.30. The highest BCUT2D eigenvalue weighted by atomic mass is 35.5. The molecule has 5 nitrogen and oxygen atoms in total. The fourth-order valence-corrected chi connectivity index (χ4v) is 3.85. The van der Waals surface area contributed by atoms with Crippen LogP contribution in [-0.2, 0) is 4.79 Å². The number of esters is 2. The summed E-state index contributed by atoms with van der Waals surface area (Å²) in [5.74, 6) is 0.747. The summed E-state index contributed by atoms with van der Waals surface area (Å²) in [6.45, 7) is 6.63. The molecule has 0 fully saturated rings. The number of ether oxygens (including phenoxy) is 3. The van der Waals surface area contributed by atoms with E-state index in [0.29, 0.717) is 23.7 Å². The smallest absolute Gasteiger partial charge is 0.343 e. The molecule has 0 bridgehead atoms. The van der Waals surface area contributed by atoms with E-state index in [2.05, 4.69) is 6.92 Å². The van der Waals surface area contributed by atoms with Crippen LogP contribution in [-0.4, -0.2) is 23.9 Å². The van der Waals surface area contributed by atoms with Crippen LogP contribution >= 0.6 is 11.6 Å². The zero-order valence-electron chi connectivity index (χ0n) is 22.5. The lowest BCUT2D eigenvalue weighted by atomic mass is 10.1. The molecule has 3 rings (SSSR count). The molecule has 0 unspecified atom stereocenters. The number of carbonyl (C=O) groups is 2. The SMILES string of the molecule is CCCCCCCCOc1ccc(C(=O)Oc2ccc(-c3ccc(OC(=O)[C@@H](Cl)C(C)C)cc3)cc2)cc1. The van der Waals surface area contributed by atoms with Crippen LogP contribution in [0.2, 0.25) is 0 Å². The fourth-order valence-electron chi connectivity index (χ4n) is 3.80. The first-order valence-electron chi connectivity index (χ1n) is 13.4. The minimum atomic E-state index is -0.689. The maximum Gasteiger partial charge on any atom is 0.343 e. The number of halogens is 1. The zero-order chi connectivity index (χ0) is 27.3. The second kappa shape index (κ2) is 15.2. The summed E-state index contributed by atoms with van der Waals surface area (Å²) in [6, 6.07) is 21.5.